The lowest BCUT2D eigenvalue weighted by molar-refractivity contribution is 0.122. The second-order valence-corrected chi connectivity index (χ2v) is 7.13. The zero-order chi connectivity index (χ0) is 20.9. The van der Waals surface area contributed by atoms with Crippen molar-refractivity contribution < 1.29 is 9.47 Å². The molecular weight excluding hydrogens is 394 g/mol. The number of morpholine rings is 1. The van der Waals surface area contributed by atoms with Crippen molar-refractivity contribution in [1.29, 1.82) is 0 Å². The van der Waals surface area contributed by atoms with Crippen LogP contribution < -0.4 is 15.1 Å². The summed E-state index contributed by atoms with van der Waals surface area (Å²) in [6.45, 7) is 3.88. The van der Waals surface area contributed by atoms with Crippen LogP contribution in [0, 0.1) is 0 Å². The molecule has 5 rings (SSSR count). The third-order valence-electron chi connectivity index (χ3n) is 5.00. The minimum atomic E-state index is 0.282. The zero-order valence-electron chi connectivity index (χ0n) is 17.0. The molecule has 1 saturated heterocycles. The average molecular weight is 417 g/mol. The summed E-state index contributed by atoms with van der Waals surface area (Å²) in [7, 11) is 0. The molecule has 0 saturated carbocycles. The summed E-state index contributed by atoms with van der Waals surface area (Å²) in [6.07, 6.45) is 5.83. The van der Waals surface area contributed by atoms with Crippen LogP contribution in [0.25, 0.3) is 17.1 Å². The van der Waals surface area contributed by atoms with E-state index in [1.165, 1.54) is 0 Å². The lowest BCUT2D eigenvalue weighted by Crippen LogP contribution is -2.37. The molecule has 1 fully saturated rings. The number of hydrogen-bond donors (Lipinski definition) is 1. The Bertz CT molecular complexity index is 1090. The number of nitrogens with one attached hydrogen (secondary N) is 1. The zero-order valence-corrected chi connectivity index (χ0v) is 17.0. The Morgan fingerprint density at radius 1 is 1.03 bits per heavy atom. The normalized spacial score (nSPS) is 16.0. The van der Waals surface area contributed by atoms with Gasteiger partial charge >= 0.3 is 6.01 Å². The van der Waals surface area contributed by atoms with Gasteiger partial charge in [0.25, 0.3) is 0 Å². The molecule has 1 aromatic carbocycles. The average Bonchev–Trinajstić information content (AvgIpc) is 3.35. The minimum Gasteiger partial charge on any atom is -0.457 e. The van der Waals surface area contributed by atoms with Crippen LogP contribution in [0.15, 0.2) is 65.9 Å². The Balaban J connectivity index is 1.44. The third kappa shape index (κ3) is 4.56. The van der Waals surface area contributed by atoms with Gasteiger partial charge in [-0.05, 0) is 12.1 Å². The van der Waals surface area contributed by atoms with Gasteiger partial charge in [-0.15, -0.1) is 0 Å². The van der Waals surface area contributed by atoms with Crippen molar-refractivity contribution in [3.8, 4) is 23.1 Å². The van der Waals surface area contributed by atoms with Gasteiger partial charge in [0.1, 0.15) is 12.4 Å². The van der Waals surface area contributed by atoms with E-state index in [9.17, 15) is 0 Å². The molecule has 9 nitrogen and oxygen atoms in total. The van der Waals surface area contributed by atoms with E-state index in [2.05, 4.69) is 25.4 Å². The van der Waals surface area contributed by atoms with Crippen molar-refractivity contribution in [2.24, 2.45) is 5.10 Å². The van der Waals surface area contributed by atoms with Crippen LogP contribution in [0.5, 0.6) is 6.01 Å². The van der Waals surface area contributed by atoms with E-state index >= 15 is 0 Å². The number of rotatable bonds is 6. The summed E-state index contributed by atoms with van der Waals surface area (Å²) in [5, 5.41) is 8.94. The van der Waals surface area contributed by atoms with Crippen LogP contribution >= 0.6 is 0 Å². The molecule has 0 bridgehead atoms. The van der Waals surface area contributed by atoms with E-state index in [1.807, 2.05) is 60.8 Å². The Hall–Kier alpha value is -3.72. The van der Waals surface area contributed by atoms with Gasteiger partial charge in [0.15, 0.2) is 5.82 Å². The molecule has 3 aromatic rings. The van der Waals surface area contributed by atoms with Gasteiger partial charge in [-0.1, -0.05) is 36.4 Å². The largest absolute Gasteiger partial charge is 0.457 e. The third-order valence-corrected chi connectivity index (χ3v) is 5.00. The fraction of sp³-hybridized carbons (Fsp3) is 0.273. The van der Waals surface area contributed by atoms with Crippen LogP contribution in [0.3, 0.4) is 0 Å². The van der Waals surface area contributed by atoms with Gasteiger partial charge in [-0.25, -0.2) is 4.68 Å². The number of benzene rings is 1. The topological polar surface area (TPSA) is 89.7 Å². The summed E-state index contributed by atoms with van der Waals surface area (Å²) in [4.78, 5) is 11.4. The van der Waals surface area contributed by atoms with Gasteiger partial charge in [-0.2, -0.15) is 20.2 Å². The molecule has 0 amide bonds. The highest BCUT2D eigenvalue weighted by Crippen LogP contribution is 2.22. The molecule has 0 aliphatic carbocycles. The number of aromatic nitrogens is 4. The predicted molar refractivity (Wildman–Crippen MR) is 118 cm³/mol. The minimum absolute atomic E-state index is 0.282. The van der Waals surface area contributed by atoms with Gasteiger partial charge in [0, 0.05) is 30.9 Å². The first-order valence-corrected chi connectivity index (χ1v) is 10.3. The monoisotopic (exact) mass is 417 g/mol. The lowest BCUT2D eigenvalue weighted by atomic mass is 10.2. The van der Waals surface area contributed by atoms with E-state index in [1.54, 1.807) is 4.68 Å². The first kappa shape index (κ1) is 19.3. The van der Waals surface area contributed by atoms with Crippen LogP contribution in [-0.4, -0.2) is 64.9 Å². The summed E-state index contributed by atoms with van der Waals surface area (Å²) < 4.78 is 13.1. The van der Waals surface area contributed by atoms with Gasteiger partial charge in [-0.3, -0.25) is 0 Å². The molecule has 2 aliphatic heterocycles. The van der Waals surface area contributed by atoms with Crippen molar-refractivity contribution in [3.05, 3.63) is 60.8 Å². The molecule has 9 heteroatoms. The molecule has 2 aliphatic rings. The Morgan fingerprint density at radius 2 is 1.87 bits per heavy atom. The van der Waals surface area contributed by atoms with E-state index < -0.39 is 0 Å². The van der Waals surface area contributed by atoms with Gasteiger partial charge < -0.3 is 19.8 Å². The first-order valence-electron chi connectivity index (χ1n) is 10.3. The van der Waals surface area contributed by atoms with E-state index in [0.29, 0.717) is 19.0 Å². The van der Waals surface area contributed by atoms with Crippen LogP contribution in [0.2, 0.25) is 0 Å². The number of hydrogen-bond acceptors (Lipinski definition) is 8. The van der Waals surface area contributed by atoms with Crippen molar-refractivity contribution >= 4 is 11.5 Å². The number of nitrogens with zero attached hydrogens (tertiary/aromatic N) is 6. The Morgan fingerprint density at radius 3 is 2.68 bits per heavy atom. The van der Waals surface area contributed by atoms with Crippen molar-refractivity contribution in [1.82, 2.24) is 25.2 Å². The lowest BCUT2D eigenvalue weighted by Gasteiger charge is -2.28. The molecular formula is C22H23N7O2. The summed E-state index contributed by atoms with van der Waals surface area (Å²) in [5.41, 5.74) is 5.65. The van der Waals surface area contributed by atoms with Crippen LogP contribution in [-0.2, 0) is 4.74 Å². The molecule has 4 heterocycles. The first-order chi connectivity index (χ1) is 15.3. The molecule has 0 atom stereocenters. The maximum Gasteiger partial charge on any atom is 0.320 e. The Kier molecular flexibility index (Phi) is 5.57. The second kappa shape index (κ2) is 8.97. The number of ether oxygens (including phenoxy) is 2. The summed E-state index contributed by atoms with van der Waals surface area (Å²) >= 11 is 0. The maximum absolute atomic E-state index is 5.89. The fourth-order valence-corrected chi connectivity index (χ4v) is 3.40. The quantitative estimate of drug-likeness (QED) is 0.657. The molecule has 0 spiro atoms. The molecule has 1 N–H and O–H groups in total. The predicted octanol–water partition coefficient (Wildman–Crippen LogP) is 2.06. The smallest absolute Gasteiger partial charge is 0.320 e. The van der Waals surface area contributed by atoms with Gasteiger partial charge in [0.05, 0.1) is 31.2 Å². The van der Waals surface area contributed by atoms with Gasteiger partial charge in [0.2, 0.25) is 0 Å². The molecule has 158 valence electrons. The summed E-state index contributed by atoms with van der Waals surface area (Å²) in [6, 6.07) is 14.2. The standard InChI is InChI=1S/C22H23N7O2/c1-2-5-17(6-3-1)19-8-10-29(27-19)21-15-20(28-11-13-30-14-12-28)24-22(25-21)31-16-18-7-4-9-23-26-18/h1-8,10,15,23H,9,11-14,16H2. The Labute approximate surface area is 180 Å². The second-order valence-electron chi connectivity index (χ2n) is 7.13. The molecule has 0 radical (unpaired) electrons. The molecule has 2 aromatic heterocycles. The maximum atomic E-state index is 5.89. The van der Waals surface area contributed by atoms with E-state index in [-0.39, 0.29) is 12.6 Å². The van der Waals surface area contributed by atoms with E-state index in [0.717, 1.165) is 42.4 Å². The highest BCUT2D eigenvalue weighted by molar-refractivity contribution is 5.96. The van der Waals surface area contributed by atoms with Crippen molar-refractivity contribution in [2.75, 3.05) is 44.4 Å². The fourth-order valence-electron chi connectivity index (χ4n) is 3.40. The molecule has 31 heavy (non-hydrogen) atoms. The number of anilines is 1. The van der Waals surface area contributed by atoms with Crippen LogP contribution in [0.4, 0.5) is 5.82 Å². The molecule has 0 unspecified atom stereocenters. The number of hydrazone groups is 1. The van der Waals surface area contributed by atoms with Crippen molar-refractivity contribution in [2.45, 2.75) is 0 Å². The highest BCUT2D eigenvalue weighted by Gasteiger charge is 2.17. The highest BCUT2D eigenvalue weighted by atomic mass is 16.5. The SMILES string of the molecule is C1=CC(COc2nc(N3CCOCC3)cc(-n3ccc(-c4ccccc4)n3)n2)=NNC1. The van der Waals surface area contributed by atoms with Crippen LogP contribution in [0.1, 0.15) is 0 Å². The van der Waals surface area contributed by atoms with E-state index in [4.69, 9.17) is 14.6 Å². The summed E-state index contributed by atoms with van der Waals surface area (Å²) in [5.74, 6) is 1.44. The van der Waals surface area contributed by atoms with Crippen molar-refractivity contribution in [3.63, 3.8) is 0 Å².